The van der Waals surface area contributed by atoms with E-state index in [1.54, 1.807) is 39.8 Å². The van der Waals surface area contributed by atoms with Crippen molar-refractivity contribution in [2.45, 2.75) is 73.8 Å². The summed E-state index contributed by atoms with van der Waals surface area (Å²) in [5.41, 5.74) is 12.7. The van der Waals surface area contributed by atoms with E-state index >= 15 is 0 Å². The molecular formula is C26H44N6O6. The number of hydrogen-bond donors (Lipinski definition) is 4. The van der Waals surface area contributed by atoms with Crippen LogP contribution in [-0.2, 0) is 28.7 Å². The van der Waals surface area contributed by atoms with E-state index in [0.717, 1.165) is 0 Å². The summed E-state index contributed by atoms with van der Waals surface area (Å²) in [5.74, 6) is -1.22. The number of anilines is 1. The summed E-state index contributed by atoms with van der Waals surface area (Å²) in [6.45, 7) is 13.6. The van der Waals surface area contributed by atoms with Gasteiger partial charge in [-0.25, -0.2) is 9.78 Å². The molecule has 214 valence electrons. The van der Waals surface area contributed by atoms with Crippen molar-refractivity contribution in [2.24, 2.45) is 10.7 Å². The molecular weight excluding hydrogens is 492 g/mol. The fourth-order valence-corrected chi connectivity index (χ4v) is 2.68. The molecule has 1 heterocycles. The standard InChI is InChI=1S/C20H30N6O4.C3H6O2.C3H8/c1-5-7-15(20(29)30-6-2)26-17(27)11-24-19(28)18(12(3)21)13(4)25-14-8-9-16(22)23-10-14;1-2-5-3-4;1-3-2/h8-10,15H,5-7,11,21H2,1-4H3,(H2,22,23)(H,24,28)(H,26,27);3H,2H2,1H3;3H2,1-2H3/b18-12+,25-13?;;/t15-;;/m1../s1. The van der Waals surface area contributed by atoms with Crippen molar-refractivity contribution in [3.05, 3.63) is 29.6 Å². The maximum Gasteiger partial charge on any atom is 0.328 e. The second-order valence-corrected chi connectivity index (χ2v) is 7.80. The molecule has 12 heteroatoms. The van der Waals surface area contributed by atoms with Crippen LogP contribution < -0.4 is 22.1 Å². The SMILES string of the molecule is CCC.CCC[C@@H](NC(=O)CNC(=O)/C(C(C)=Nc1ccc(N)nc1)=C(\C)N)C(=O)OCC.CCOC=O. The molecule has 1 rings (SSSR count). The van der Waals surface area contributed by atoms with Crippen LogP contribution in [-0.4, -0.2) is 60.8 Å². The Morgan fingerprint density at radius 1 is 1.11 bits per heavy atom. The molecule has 1 aromatic rings. The number of carbonyl (C=O) groups is 4. The van der Waals surface area contributed by atoms with Crippen LogP contribution in [0.25, 0.3) is 0 Å². The maximum atomic E-state index is 12.6. The Kier molecular flexibility index (Phi) is 21.2. The molecule has 0 aliphatic heterocycles. The molecule has 0 unspecified atom stereocenters. The van der Waals surface area contributed by atoms with Crippen molar-refractivity contribution in [2.75, 3.05) is 25.5 Å². The van der Waals surface area contributed by atoms with E-state index in [4.69, 9.17) is 16.2 Å². The quantitative estimate of drug-likeness (QED) is 0.135. The highest BCUT2D eigenvalue weighted by molar-refractivity contribution is 6.22. The van der Waals surface area contributed by atoms with Crippen molar-refractivity contribution >= 4 is 41.5 Å². The highest BCUT2D eigenvalue weighted by atomic mass is 16.5. The van der Waals surface area contributed by atoms with Gasteiger partial charge in [-0.2, -0.15) is 0 Å². The Hall–Kier alpha value is -3.96. The fraction of sp³-hybridized carbons (Fsp3) is 0.538. The molecule has 0 aliphatic carbocycles. The molecule has 0 aromatic carbocycles. The van der Waals surface area contributed by atoms with Gasteiger partial charge >= 0.3 is 5.97 Å². The van der Waals surface area contributed by atoms with E-state index in [9.17, 15) is 19.2 Å². The highest BCUT2D eigenvalue weighted by Crippen LogP contribution is 2.14. The van der Waals surface area contributed by atoms with Gasteiger partial charge in [0.15, 0.2) is 0 Å². The molecule has 0 saturated carbocycles. The Morgan fingerprint density at radius 3 is 2.16 bits per heavy atom. The highest BCUT2D eigenvalue weighted by Gasteiger charge is 2.22. The van der Waals surface area contributed by atoms with E-state index in [2.05, 4.69) is 39.2 Å². The number of nitrogens with one attached hydrogen (secondary N) is 2. The molecule has 0 spiro atoms. The lowest BCUT2D eigenvalue weighted by molar-refractivity contribution is -0.147. The predicted molar refractivity (Wildman–Crippen MR) is 148 cm³/mol. The van der Waals surface area contributed by atoms with Crippen LogP contribution in [0.2, 0.25) is 0 Å². The summed E-state index contributed by atoms with van der Waals surface area (Å²) < 4.78 is 9.11. The minimum absolute atomic E-state index is 0.148. The largest absolute Gasteiger partial charge is 0.468 e. The van der Waals surface area contributed by atoms with Gasteiger partial charge in [0, 0.05) is 5.70 Å². The summed E-state index contributed by atoms with van der Waals surface area (Å²) in [7, 11) is 0. The number of allylic oxidation sites excluding steroid dienone is 1. The summed E-state index contributed by atoms with van der Waals surface area (Å²) in [4.78, 5) is 54.1. The third-order valence-electron chi connectivity index (χ3n) is 4.18. The Morgan fingerprint density at radius 2 is 1.74 bits per heavy atom. The molecule has 0 fully saturated rings. The van der Waals surface area contributed by atoms with Gasteiger partial charge in [-0.1, -0.05) is 33.6 Å². The van der Waals surface area contributed by atoms with Crippen LogP contribution in [0.1, 0.15) is 67.7 Å². The molecule has 1 aromatic heterocycles. The van der Waals surface area contributed by atoms with Crippen LogP contribution in [0.15, 0.2) is 34.6 Å². The van der Waals surface area contributed by atoms with Crippen LogP contribution in [0, 0.1) is 0 Å². The van der Waals surface area contributed by atoms with Crippen LogP contribution >= 0.6 is 0 Å². The van der Waals surface area contributed by atoms with E-state index in [-0.39, 0.29) is 24.4 Å². The van der Waals surface area contributed by atoms with Gasteiger partial charge in [0.1, 0.15) is 11.9 Å². The molecule has 0 radical (unpaired) electrons. The molecule has 6 N–H and O–H groups in total. The number of esters is 1. The average Bonchev–Trinajstić information content (AvgIpc) is 2.85. The molecule has 1 atom stereocenters. The summed E-state index contributed by atoms with van der Waals surface area (Å²) in [5, 5.41) is 5.08. The molecule has 0 saturated heterocycles. The van der Waals surface area contributed by atoms with Crippen LogP contribution in [0.5, 0.6) is 0 Å². The third-order valence-corrected chi connectivity index (χ3v) is 4.18. The number of nitrogens with zero attached hydrogens (tertiary/aromatic N) is 2. The van der Waals surface area contributed by atoms with Gasteiger partial charge in [-0.15, -0.1) is 0 Å². The minimum Gasteiger partial charge on any atom is -0.468 e. The molecule has 0 bridgehead atoms. The summed E-state index contributed by atoms with van der Waals surface area (Å²) in [6.07, 6.45) is 3.84. The van der Waals surface area contributed by atoms with E-state index in [1.807, 2.05) is 6.92 Å². The van der Waals surface area contributed by atoms with Crippen molar-refractivity contribution < 1.29 is 28.7 Å². The summed E-state index contributed by atoms with van der Waals surface area (Å²) in [6, 6.07) is 2.49. The van der Waals surface area contributed by atoms with Gasteiger partial charge < -0.3 is 31.6 Å². The number of aliphatic imine (C=N–C) groups is 1. The fourth-order valence-electron chi connectivity index (χ4n) is 2.68. The number of aromatic nitrogens is 1. The molecule has 38 heavy (non-hydrogen) atoms. The van der Waals surface area contributed by atoms with Crippen molar-refractivity contribution in [1.82, 2.24) is 15.6 Å². The molecule has 2 amide bonds. The lowest BCUT2D eigenvalue weighted by Crippen LogP contribution is -2.46. The van der Waals surface area contributed by atoms with Gasteiger partial charge in [0.05, 0.1) is 42.9 Å². The topological polar surface area (TPSA) is 188 Å². The Balaban J connectivity index is 0. The average molecular weight is 537 g/mol. The third kappa shape index (κ3) is 16.7. The Labute approximate surface area is 225 Å². The zero-order chi connectivity index (χ0) is 29.5. The lowest BCUT2D eigenvalue weighted by Gasteiger charge is -2.17. The number of pyridine rings is 1. The first-order chi connectivity index (χ1) is 18.0. The molecule has 12 nitrogen and oxygen atoms in total. The van der Waals surface area contributed by atoms with Crippen molar-refractivity contribution in [1.29, 1.82) is 0 Å². The second-order valence-electron chi connectivity index (χ2n) is 7.80. The molecule has 0 aliphatic rings. The number of rotatable bonds is 12. The zero-order valence-corrected chi connectivity index (χ0v) is 23.6. The normalized spacial score (nSPS) is 11.7. The first kappa shape index (κ1) is 36.2. The first-order valence-electron chi connectivity index (χ1n) is 12.5. The number of nitrogen functional groups attached to an aromatic ring is 1. The van der Waals surface area contributed by atoms with Crippen LogP contribution in [0.4, 0.5) is 11.5 Å². The number of ether oxygens (including phenoxy) is 2. The van der Waals surface area contributed by atoms with Crippen LogP contribution in [0.3, 0.4) is 0 Å². The van der Waals surface area contributed by atoms with Crippen molar-refractivity contribution in [3.63, 3.8) is 0 Å². The Bertz CT molecular complexity index is 911. The number of hydrogen-bond acceptors (Lipinski definition) is 10. The second kappa shape index (κ2) is 22.3. The first-order valence-corrected chi connectivity index (χ1v) is 12.5. The predicted octanol–water partition coefficient (Wildman–Crippen LogP) is 2.55. The number of nitrogens with two attached hydrogens (primary N) is 2. The smallest absolute Gasteiger partial charge is 0.328 e. The van der Waals surface area contributed by atoms with Gasteiger partial charge in [-0.05, 0) is 46.2 Å². The number of amides is 2. The summed E-state index contributed by atoms with van der Waals surface area (Å²) >= 11 is 0. The lowest BCUT2D eigenvalue weighted by atomic mass is 10.1. The van der Waals surface area contributed by atoms with Gasteiger partial charge in [-0.3, -0.25) is 19.4 Å². The monoisotopic (exact) mass is 536 g/mol. The van der Waals surface area contributed by atoms with Crippen molar-refractivity contribution in [3.8, 4) is 0 Å². The van der Waals surface area contributed by atoms with Gasteiger partial charge in [0.25, 0.3) is 12.4 Å². The maximum absolute atomic E-state index is 12.6. The number of carbonyl (C=O) groups excluding carboxylic acids is 4. The van der Waals surface area contributed by atoms with E-state index in [0.29, 0.717) is 43.1 Å². The van der Waals surface area contributed by atoms with E-state index in [1.165, 1.54) is 12.6 Å². The minimum atomic E-state index is -0.757. The van der Waals surface area contributed by atoms with Gasteiger partial charge in [0.2, 0.25) is 5.91 Å². The van der Waals surface area contributed by atoms with E-state index < -0.39 is 23.8 Å². The zero-order valence-electron chi connectivity index (χ0n) is 23.6.